The molecule has 0 unspecified atom stereocenters. The summed E-state index contributed by atoms with van der Waals surface area (Å²) >= 11 is 0. The van der Waals surface area contributed by atoms with E-state index in [2.05, 4.69) is 74.4 Å². The molecule has 0 bridgehead atoms. The molecule has 0 aliphatic carbocycles. The number of hydrogen-bond donors (Lipinski definition) is 1. The van der Waals surface area contributed by atoms with Gasteiger partial charge in [0, 0.05) is 12.1 Å². The molecule has 21 heavy (non-hydrogen) atoms. The van der Waals surface area contributed by atoms with E-state index in [0.29, 0.717) is 5.92 Å². The second kappa shape index (κ2) is 6.70. The van der Waals surface area contributed by atoms with Crippen LogP contribution in [0.15, 0.2) is 24.3 Å². The summed E-state index contributed by atoms with van der Waals surface area (Å²) in [6.45, 7) is 11.7. The van der Waals surface area contributed by atoms with E-state index in [4.69, 9.17) is 0 Å². The van der Waals surface area contributed by atoms with Gasteiger partial charge in [-0.3, -0.25) is 0 Å². The fourth-order valence-corrected chi connectivity index (χ4v) is 2.32. The van der Waals surface area contributed by atoms with Gasteiger partial charge in [-0.1, -0.05) is 45.0 Å². The van der Waals surface area contributed by atoms with E-state index >= 15 is 0 Å². The molecule has 0 saturated heterocycles. The average Bonchev–Trinajstić information content (AvgIpc) is 2.49. The number of rotatable bonds is 5. The molecule has 1 heterocycles. The predicted octanol–water partition coefficient (Wildman–Crippen LogP) is 4.71. The van der Waals surface area contributed by atoms with E-state index in [-0.39, 0.29) is 0 Å². The number of anilines is 1. The van der Waals surface area contributed by atoms with E-state index in [9.17, 15) is 0 Å². The molecule has 112 valence electrons. The minimum absolute atomic E-state index is 0.550. The van der Waals surface area contributed by atoms with E-state index < -0.39 is 0 Å². The van der Waals surface area contributed by atoms with Crippen LogP contribution in [0.25, 0.3) is 11.3 Å². The first-order valence-corrected chi connectivity index (χ1v) is 7.72. The monoisotopic (exact) mass is 283 g/mol. The van der Waals surface area contributed by atoms with Crippen molar-refractivity contribution in [3.05, 3.63) is 41.0 Å². The Morgan fingerprint density at radius 2 is 1.67 bits per heavy atom. The van der Waals surface area contributed by atoms with Crippen LogP contribution in [0.3, 0.4) is 0 Å². The van der Waals surface area contributed by atoms with E-state index in [1.54, 1.807) is 0 Å². The van der Waals surface area contributed by atoms with Crippen molar-refractivity contribution >= 4 is 5.82 Å². The third kappa shape index (κ3) is 3.41. The molecule has 0 saturated carbocycles. The van der Waals surface area contributed by atoms with Crippen LogP contribution >= 0.6 is 0 Å². The lowest BCUT2D eigenvalue weighted by molar-refractivity contribution is 0.866. The van der Waals surface area contributed by atoms with E-state index in [0.717, 1.165) is 30.0 Å². The molecule has 0 radical (unpaired) electrons. The summed E-state index contributed by atoms with van der Waals surface area (Å²) in [5.74, 6) is 1.45. The smallest absolute Gasteiger partial charge is 0.151 e. The molecular weight excluding hydrogens is 258 g/mol. The zero-order valence-corrected chi connectivity index (χ0v) is 13.7. The minimum Gasteiger partial charge on any atom is -0.368 e. The molecule has 1 aromatic heterocycles. The second-order valence-corrected chi connectivity index (χ2v) is 5.85. The molecule has 0 fully saturated rings. The molecule has 0 aliphatic rings. The van der Waals surface area contributed by atoms with E-state index in [1.165, 1.54) is 16.7 Å². The van der Waals surface area contributed by atoms with Crippen LogP contribution in [0.5, 0.6) is 0 Å². The van der Waals surface area contributed by atoms with Crippen molar-refractivity contribution in [1.29, 1.82) is 0 Å². The number of nitrogens with zero attached hydrogens (tertiary/aromatic N) is 2. The van der Waals surface area contributed by atoms with Crippen LogP contribution in [0.4, 0.5) is 5.82 Å². The summed E-state index contributed by atoms with van der Waals surface area (Å²) < 4.78 is 0. The Balaban J connectivity index is 2.34. The predicted molar refractivity (Wildman–Crippen MR) is 89.8 cm³/mol. The first-order chi connectivity index (χ1) is 10.0. The van der Waals surface area contributed by atoms with Crippen molar-refractivity contribution in [2.24, 2.45) is 0 Å². The van der Waals surface area contributed by atoms with Crippen LogP contribution in [0.1, 0.15) is 49.8 Å². The maximum atomic E-state index is 4.42. The third-order valence-electron chi connectivity index (χ3n) is 3.92. The number of hydrogen-bond acceptors (Lipinski definition) is 3. The van der Waals surface area contributed by atoms with Crippen LogP contribution in [-0.2, 0) is 0 Å². The Hall–Kier alpha value is -1.90. The highest BCUT2D eigenvalue weighted by molar-refractivity contribution is 5.66. The molecule has 3 nitrogen and oxygen atoms in total. The third-order valence-corrected chi connectivity index (χ3v) is 3.92. The van der Waals surface area contributed by atoms with Gasteiger partial charge in [-0.15, -0.1) is 10.2 Å². The fourth-order valence-electron chi connectivity index (χ4n) is 2.32. The minimum atomic E-state index is 0.550. The van der Waals surface area contributed by atoms with Gasteiger partial charge in [0.05, 0.1) is 5.69 Å². The summed E-state index contributed by atoms with van der Waals surface area (Å²) in [6.07, 6.45) is 1.08. The Kier molecular flexibility index (Phi) is 4.94. The highest BCUT2D eigenvalue weighted by Gasteiger charge is 2.11. The molecule has 3 heteroatoms. The highest BCUT2D eigenvalue weighted by Crippen LogP contribution is 2.27. The topological polar surface area (TPSA) is 37.8 Å². The summed E-state index contributed by atoms with van der Waals surface area (Å²) in [7, 11) is 0. The molecule has 0 atom stereocenters. The fraction of sp³-hybridized carbons (Fsp3) is 0.444. The standard InChI is InChI=1S/C18H25N3/c1-6-11-19-18-14(5)13(4)17(20-21-18)16-9-7-15(8-10-16)12(2)3/h7-10,12H,6,11H2,1-5H3,(H,19,21). The highest BCUT2D eigenvalue weighted by atomic mass is 15.2. The molecule has 1 N–H and O–H groups in total. The largest absolute Gasteiger partial charge is 0.368 e. The second-order valence-electron chi connectivity index (χ2n) is 5.85. The number of benzene rings is 1. The van der Waals surface area contributed by atoms with Gasteiger partial charge in [0.25, 0.3) is 0 Å². The zero-order valence-electron chi connectivity index (χ0n) is 13.7. The van der Waals surface area contributed by atoms with Gasteiger partial charge in [-0.25, -0.2) is 0 Å². The summed E-state index contributed by atoms with van der Waals surface area (Å²) in [4.78, 5) is 0. The quantitative estimate of drug-likeness (QED) is 0.863. The van der Waals surface area contributed by atoms with Crippen molar-refractivity contribution in [1.82, 2.24) is 10.2 Å². The van der Waals surface area contributed by atoms with Gasteiger partial charge >= 0.3 is 0 Å². The Morgan fingerprint density at radius 1 is 1.00 bits per heavy atom. The van der Waals surface area contributed by atoms with E-state index in [1.807, 2.05) is 0 Å². The van der Waals surface area contributed by atoms with Gasteiger partial charge < -0.3 is 5.32 Å². The lowest BCUT2D eigenvalue weighted by Gasteiger charge is -2.13. The van der Waals surface area contributed by atoms with Gasteiger partial charge in [0.2, 0.25) is 0 Å². The lowest BCUT2D eigenvalue weighted by atomic mass is 9.98. The van der Waals surface area contributed by atoms with Crippen molar-refractivity contribution in [3.63, 3.8) is 0 Å². The number of nitrogens with one attached hydrogen (secondary N) is 1. The maximum Gasteiger partial charge on any atom is 0.151 e. The van der Waals surface area contributed by atoms with Gasteiger partial charge in [-0.05, 0) is 42.9 Å². The van der Waals surface area contributed by atoms with Crippen LogP contribution in [0.2, 0.25) is 0 Å². The van der Waals surface area contributed by atoms with Gasteiger partial charge in [-0.2, -0.15) is 0 Å². The summed E-state index contributed by atoms with van der Waals surface area (Å²) in [5, 5.41) is 12.1. The SMILES string of the molecule is CCCNc1nnc(-c2ccc(C(C)C)cc2)c(C)c1C. The first-order valence-electron chi connectivity index (χ1n) is 7.72. The van der Waals surface area contributed by atoms with Crippen LogP contribution in [-0.4, -0.2) is 16.7 Å². The molecular formula is C18H25N3. The summed E-state index contributed by atoms with van der Waals surface area (Å²) in [6, 6.07) is 8.65. The van der Waals surface area contributed by atoms with Crippen molar-refractivity contribution < 1.29 is 0 Å². The van der Waals surface area contributed by atoms with Gasteiger partial charge in [0.1, 0.15) is 0 Å². The Labute approximate surface area is 127 Å². The van der Waals surface area contributed by atoms with Crippen molar-refractivity contribution in [2.75, 3.05) is 11.9 Å². The maximum absolute atomic E-state index is 4.42. The molecule has 1 aromatic carbocycles. The Bertz CT molecular complexity index is 601. The lowest BCUT2D eigenvalue weighted by Crippen LogP contribution is -2.07. The first kappa shape index (κ1) is 15.5. The average molecular weight is 283 g/mol. The number of aromatic nitrogens is 2. The molecule has 0 aliphatic heterocycles. The van der Waals surface area contributed by atoms with Crippen molar-refractivity contribution in [2.45, 2.75) is 47.0 Å². The molecule has 2 rings (SSSR count). The Morgan fingerprint density at radius 3 is 2.24 bits per heavy atom. The molecule has 0 amide bonds. The molecule has 0 spiro atoms. The zero-order chi connectivity index (χ0) is 15.4. The van der Waals surface area contributed by atoms with Crippen LogP contribution in [0, 0.1) is 13.8 Å². The van der Waals surface area contributed by atoms with Crippen LogP contribution < -0.4 is 5.32 Å². The van der Waals surface area contributed by atoms with Crippen molar-refractivity contribution in [3.8, 4) is 11.3 Å². The van der Waals surface area contributed by atoms with Gasteiger partial charge in [0.15, 0.2) is 5.82 Å². The normalized spacial score (nSPS) is 11.0. The molecule has 2 aromatic rings. The summed E-state index contributed by atoms with van der Waals surface area (Å²) in [5.41, 5.74) is 5.84.